The zero-order valence-electron chi connectivity index (χ0n) is 6.73. The van der Waals surface area contributed by atoms with Crippen LogP contribution < -0.4 is 0 Å². The zero-order chi connectivity index (χ0) is 8.10. The molecule has 0 unspecified atom stereocenters. The number of hydrogen-bond acceptors (Lipinski definition) is 0. The van der Waals surface area contributed by atoms with Crippen LogP contribution in [0.2, 0.25) is 5.02 Å². The van der Waals surface area contributed by atoms with Crippen molar-refractivity contribution in [3.05, 3.63) is 34.9 Å². The van der Waals surface area contributed by atoms with Crippen molar-refractivity contribution in [2.24, 2.45) is 0 Å². The number of hydrogen-bond donors (Lipinski definition) is 0. The van der Waals surface area contributed by atoms with Gasteiger partial charge in [0.25, 0.3) is 0 Å². The third-order valence-electron chi connectivity index (χ3n) is 1.69. The molecule has 0 saturated heterocycles. The smallest absolute Gasteiger partial charge is 0.0516 e. The lowest BCUT2D eigenvalue weighted by Gasteiger charge is -2.00. The molecule has 0 spiro atoms. The maximum Gasteiger partial charge on any atom is 0.0516 e. The number of rotatable bonds is 3. The fourth-order valence-electron chi connectivity index (χ4n) is 1.01. The molecular formula is C10H12Cl. The monoisotopic (exact) mass is 167 g/mol. The average molecular weight is 168 g/mol. The summed E-state index contributed by atoms with van der Waals surface area (Å²) in [7, 11) is 0. The highest BCUT2D eigenvalue weighted by Gasteiger charge is 1.96. The molecule has 11 heavy (non-hydrogen) atoms. The van der Waals surface area contributed by atoms with Gasteiger partial charge in [-0.3, -0.25) is 0 Å². The van der Waals surface area contributed by atoms with Crippen LogP contribution in [-0.2, 0) is 6.42 Å². The number of benzene rings is 1. The molecule has 1 aromatic rings. The molecule has 1 radical (unpaired) electrons. The number of aryl methyl sites for hydroxylation is 1. The second-order valence-corrected chi connectivity index (χ2v) is 2.99. The average Bonchev–Trinajstić information content (AvgIpc) is 2.03. The van der Waals surface area contributed by atoms with Gasteiger partial charge in [-0.2, -0.15) is 0 Å². The van der Waals surface area contributed by atoms with Crippen LogP contribution in [0.5, 0.6) is 0 Å². The summed E-state index contributed by atoms with van der Waals surface area (Å²) in [5.41, 5.74) is 1.22. The zero-order valence-corrected chi connectivity index (χ0v) is 7.49. The second-order valence-electron chi connectivity index (χ2n) is 2.61. The summed E-state index contributed by atoms with van der Waals surface area (Å²) in [6.45, 7) is 2.18. The summed E-state index contributed by atoms with van der Waals surface area (Å²) in [6, 6.07) is 8.87. The summed E-state index contributed by atoms with van der Waals surface area (Å²) < 4.78 is 0. The molecule has 0 saturated carbocycles. The topological polar surface area (TPSA) is 0 Å². The highest BCUT2D eigenvalue weighted by molar-refractivity contribution is 6.31. The van der Waals surface area contributed by atoms with Crippen LogP contribution in [0.15, 0.2) is 18.2 Å². The Morgan fingerprint density at radius 3 is 3.00 bits per heavy atom. The fraction of sp³-hybridized carbons (Fsp3) is 0.400. The first kappa shape index (κ1) is 8.61. The van der Waals surface area contributed by atoms with E-state index in [-0.39, 0.29) is 0 Å². The third kappa shape index (κ3) is 2.55. The molecular weight excluding hydrogens is 156 g/mol. The molecule has 0 aliphatic carbocycles. The van der Waals surface area contributed by atoms with Gasteiger partial charge in [0.2, 0.25) is 0 Å². The lowest BCUT2D eigenvalue weighted by atomic mass is 10.1. The molecule has 1 aromatic carbocycles. The largest absolute Gasteiger partial charge is 0.0834 e. The van der Waals surface area contributed by atoms with E-state index in [0.717, 1.165) is 11.4 Å². The Hall–Kier alpha value is -0.490. The quantitative estimate of drug-likeness (QED) is 0.647. The normalized spacial score (nSPS) is 10.0. The summed E-state index contributed by atoms with van der Waals surface area (Å²) in [5.74, 6) is 0. The van der Waals surface area contributed by atoms with Crippen molar-refractivity contribution >= 4 is 11.6 Å². The second kappa shape index (κ2) is 4.40. The molecule has 0 atom stereocenters. The minimum Gasteiger partial charge on any atom is -0.0834 e. The summed E-state index contributed by atoms with van der Waals surface area (Å²) in [4.78, 5) is 0. The minimum atomic E-state index is 0.779. The van der Waals surface area contributed by atoms with Gasteiger partial charge in [-0.25, -0.2) is 0 Å². The van der Waals surface area contributed by atoms with Crippen LogP contribution in [0, 0.1) is 6.07 Å². The molecule has 1 rings (SSSR count). The van der Waals surface area contributed by atoms with Crippen molar-refractivity contribution < 1.29 is 0 Å². The fourth-order valence-corrected chi connectivity index (χ4v) is 1.23. The van der Waals surface area contributed by atoms with Crippen molar-refractivity contribution in [2.45, 2.75) is 26.2 Å². The predicted octanol–water partition coefficient (Wildman–Crippen LogP) is 3.48. The van der Waals surface area contributed by atoms with Gasteiger partial charge in [0.15, 0.2) is 0 Å². The van der Waals surface area contributed by atoms with Crippen molar-refractivity contribution in [1.82, 2.24) is 0 Å². The first-order valence-corrected chi connectivity index (χ1v) is 4.37. The molecule has 0 nitrogen and oxygen atoms in total. The van der Waals surface area contributed by atoms with E-state index < -0.39 is 0 Å². The summed E-state index contributed by atoms with van der Waals surface area (Å²) in [5, 5.41) is 0.779. The number of halogens is 1. The molecule has 0 fully saturated rings. The van der Waals surface area contributed by atoms with Crippen LogP contribution in [0.1, 0.15) is 25.3 Å². The molecule has 0 heterocycles. The van der Waals surface area contributed by atoms with Crippen LogP contribution in [0.25, 0.3) is 0 Å². The van der Waals surface area contributed by atoms with E-state index in [1.165, 1.54) is 18.4 Å². The Balaban J connectivity index is 2.62. The van der Waals surface area contributed by atoms with E-state index in [2.05, 4.69) is 19.1 Å². The van der Waals surface area contributed by atoms with Crippen molar-refractivity contribution in [2.75, 3.05) is 0 Å². The van der Waals surface area contributed by atoms with Gasteiger partial charge < -0.3 is 0 Å². The molecule has 1 heteroatoms. The Morgan fingerprint density at radius 2 is 2.36 bits per heavy atom. The summed E-state index contributed by atoms with van der Waals surface area (Å²) in [6.07, 6.45) is 3.50. The van der Waals surface area contributed by atoms with Gasteiger partial charge >= 0.3 is 0 Å². The molecule has 0 aliphatic heterocycles. The highest BCUT2D eigenvalue weighted by Crippen LogP contribution is 2.16. The molecule has 59 valence electrons. The van der Waals surface area contributed by atoms with E-state index in [1.54, 1.807) is 0 Å². The van der Waals surface area contributed by atoms with Crippen molar-refractivity contribution in [1.29, 1.82) is 0 Å². The molecule has 0 amide bonds. The molecule has 0 N–H and O–H groups in total. The van der Waals surface area contributed by atoms with Crippen LogP contribution in [-0.4, -0.2) is 0 Å². The van der Waals surface area contributed by atoms with E-state index in [4.69, 9.17) is 11.6 Å². The van der Waals surface area contributed by atoms with Gasteiger partial charge in [0.05, 0.1) is 5.02 Å². The van der Waals surface area contributed by atoms with E-state index in [9.17, 15) is 0 Å². The Labute approximate surface area is 73.2 Å². The van der Waals surface area contributed by atoms with Gasteiger partial charge in [0.1, 0.15) is 0 Å². The lowest BCUT2D eigenvalue weighted by Crippen LogP contribution is -1.84. The SMILES string of the molecule is CCCCc1ccc[c]c1Cl. The van der Waals surface area contributed by atoms with E-state index >= 15 is 0 Å². The predicted molar refractivity (Wildman–Crippen MR) is 48.9 cm³/mol. The van der Waals surface area contributed by atoms with Gasteiger partial charge in [0, 0.05) is 6.07 Å². The minimum absolute atomic E-state index is 0.779. The van der Waals surface area contributed by atoms with E-state index in [0.29, 0.717) is 0 Å². The van der Waals surface area contributed by atoms with Gasteiger partial charge in [-0.05, 0) is 18.4 Å². The van der Waals surface area contributed by atoms with Crippen molar-refractivity contribution in [3.63, 3.8) is 0 Å². The third-order valence-corrected chi connectivity index (χ3v) is 2.04. The Morgan fingerprint density at radius 1 is 1.55 bits per heavy atom. The standard InChI is InChI=1S/C10H12Cl/c1-2-3-6-9-7-4-5-8-10(9)11/h4-5,7H,2-3,6H2,1H3. The first-order chi connectivity index (χ1) is 5.34. The molecule has 0 aromatic heterocycles. The Bertz CT molecular complexity index is 218. The van der Waals surface area contributed by atoms with Crippen LogP contribution in [0.3, 0.4) is 0 Å². The highest BCUT2D eigenvalue weighted by atomic mass is 35.5. The Kier molecular flexibility index (Phi) is 3.44. The van der Waals surface area contributed by atoms with Crippen LogP contribution >= 0.6 is 11.6 Å². The van der Waals surface area contributed by atoms with E-state index in [1.807, 2.05) is 12.1 Å². The maximum absolute atomic E-state index is 5.90. The summed E-state index contributed by atoms with van der Waals surface area (Å²) >= 11 is 5.90. The number of unbranched alkanes of at least 4 members (excludes halogenated alkanes) is 1. The van der Waals surface area contributed by atoms with Crippen LogP contribution in [0.4, 0.5) is 0 Å². The van der Waals surface area contributed by atoms with Crippen molar-refractivity contribution in [3.8, 4) is 0 Å². The first-order valence-electron chi connectivity index (χ1n) is 3.99. The molecule has 0 bridgehead atoms. The maximum atomic E-state index is 5.90. The van der Waals surface area contributed by atoms with Gasteiger partial charge in [-0.15, -0.1) is 0 Å². The van der Waals surface area contributed by atoms with Gasteiger partial charge in [-0.1, -0.05) is 43.1 Å². The molecule has 0 aliphatic rings. The lowest BCUT2D eigenvalue weighted by molar-refractivity contribution is 0.795.